The molecular weight excluding hydrogens is 308 g/mol. The van der Waals surface area contributed by atoms with E-state index in [2.05, 4.69) is 43.3 Å². The monoisotopic (exact) mass is 337 g/mol. The van der Waals surface area contributed by atoms with Crippen LogP contribution in [-0.2, 0) is 17.9 Å². The minimum absolute atomic E-state index is 0.155. The van der Waals surface area contributed by atoms with Crippen LogP contribution in [0.3, 0.4) is 0 Å². The summed E-state index contributed by atoms with van der Waals surface area (Å²) in [5, 5.41) is 0. The first-order chi connectivity index (χ1) is 12.1. The number of aryl methyl sites for hydroxylation is 1. The van der Waals surface area contributed by atoms with Crippen molar-refractivity contribution in [3.05, 3.63) is 71.3 Å². The van der Waals surface area contributed by atoms with Gasteiger partial charge in [-0.05, 0) is 25.3 Å². The second-order valence-corrected chi connectivity index (χ2v) is 7.39. The summed E-state index contributed by atoms with van der Waals surface area (Å²) in [5.74, 6) is 0.451. The Morgan fingerprint density at radius 3 is 2.64 bits per heavy atom. The average Bonchev–Trinajstić information content (AvgIpc) is 2.62. The van der Waals surface area contributed by atoms with Gasteiger partial charge < -0.3 is 9.80 Å². The lowest BCUT2D eigenvalue weighted by molar-refractivity contribution is -0.921. The molecule has 2 aromatic carbocycles. The number of hydrogen-bond acceptors (Lipinski definition) is 1. The van der Waals surface area contributed by atoms with E-state index in [1.54, 1.807) is 0 Å². The molecule has 0 spiro atoms. The zero-order valence-corrected chi connectivity index (χ0v) is 15.4. The van der Waals surface area contributed by atoms with Gasteiger partial charge in [0.2, 0.25) is 5.91 Å². The fourth-order valence-corrected chi connectivity index (χ4v) is 3.88. The molecule has 3 heteroatoms. The first-order valence-corrected chi connectivity index (χ1v) is 9.30. The van der Waals surface area contributed by atoms with E-state index in [0.29, 0.717) is 12.5 Å². The molecule has 1 aliphatic rings. The molecule has 0 radical (unpaired) electrons. The van der Waals surface area contributed by atoms with E-state index >= 15 is 0 Å². The summed E-state index contributed by atoms with van der Waals surface area (Å²) in [6.45, 7) is 5.98. The molecule has 1 aliphatic heterocycles. The quantitative estimate of drug-likeness (QED) is 0.891. The topological polar surface area (TPSA) is 24.8 Å². The number of quaternary nitrogens is 1. The highest BCUT2D eigenvalue weighted by molar-refractivity contribution is 5.78. The first kappa shape index (κ1) is 17.7. The van der Waals surface area contributed by atoms with Crippen LogP contribution in [-0.4, -0.2) is 30.9 Å². The standard InChI is InChI=1S/C22H28N2O/c1-18-8-6-11-20(14-18)16-24-13-7-12-21(17-24)22(25)23(2)15-19-9-4-3-5-10-19/h3-6,8-11,14,21H,7,12-13,15-17H2,1-2H3/p+1/t21-/m0/s1. The second-order valence-electron chi connectivity index (χ2n) is 7.39. The number of amides is 1. The number of hydrogen-bond donors (Lipinski definition) is 1. The van der Waals surface area contributed by atoms with E-state index in [1.165, 1.54) is 28.1 Å². The Labute approximate surface area is 151 Å². The van der Waals surface area contributed by atoms with Gasteiger partial charge in [0.15, 0.2) is 0 Å². The van der Waals surface area contributed by atoms with Crippen LogP contribution in [0.2, 0.25) is 0 Å². The van der Waals surface area contributed by atoms with Crippen molar-refractivity contribution in [3.63, 3.8) is 0 Å². The highest BCUT2D eigenvalue weighted by Crippen LogP contribution is 2.13. The van der Waals surface area contributed by atoms with Gasteiger partial charge in [-0.1, -0.05) is 60.2 Å². The normalized spacial score (nSPS) is 20.2. The minimum Gasteiger partial charge on any atom is -0.341 e. The van der Waals surface area contributed by atoms with Gasteiger partial charge in [-0.25, -0.2) is 0 Å². The maximum atomic E-state index is 12.9. The van der Waals surface area contributed by atoms with E-state index in [-0.39, 0.29) is 5.92 Å². The summed E-state index contributed by atoms with van der Waals surface area (Å²) in [7, 11) is 1.93. The Balaban J connectivity index is 1.57. The lowest BCUT2D eigenvalue weighted by atomic mass is 9.96. The molecule has 0 aromatic heterocycles. The Morgan fingerprint density at radius 2 is 1.88 bits per heavy atom. The first-order valence-electron chi connectivity index (χ1n) is 9.30. The van der Waals surface area contributed by atoms with Gasteiger partial charge in [-0.15, -0.1) is 0 Å². The predicted molar refractivity (Wildman–Crippen MR) is 101 cm³/mol. The van der Waals surface area contributed by atoms with E-state index in [4.69, 9.17) is 0 Å². The molecule has 1 saturated heterocycles. The zero-order chi connectivity index (χ0) is 17.6. The number of piperidine rings is 1. The van der Waals surface area contributed by atoms with Crippen molar-refractivity contribution in [3.8, 4) is 0 Å². The van der Waals surface area contributed by atoms with Crippen molar-refractivity contribution in [1.82, 2.24) is 4.90 Å². The highest BCUT2D eigenvalue weighted by Gasteiger charge is 2.30. The molecule has 132 valence electrons. The van der Waals surface area contributed by atoms with Crippen molar-refractivity contribution in [2.75, 3.05) is 20.1 Å². The van der Waals surface area contributed by atoms with Crippen LogP contribution < -0.4 is 4.90 Å². The molecule has 0 aliphatic carbocycles. The van der Waals surface area contributed by atoms with Crippen molar-refractivity contribution >= 4 is 5.91 Å². The third-order valence-corrected chi connectivity index (χ3v) is 5.14. The van der Waals surface area contributed by atoms with Crippen LogP contribution in [0.5, 0.6) is 0 Å². The molecule has 0 bridgehead atoms. The number of rotatable bonds is 5. The van der Waals surface area contributed by atoms with Gasteiger partial charge in [0.1, 0.15) is 6.54 Å². The largest absolute Gasteiger partial charge is 0.341 e. The van der Waals surface area contributed by atoms with Crippen molar-refractivity contribution < 1.29 is 9.69 Å². The van der Waals surface area contributed by atoms with E-state index in [9.17, 15) is 4.79 Å². The van der Waals surface area contributed by atoms with E-state index < -0.39 is 0 Å². The highest BCUT2D eigenvalue weighted by atomic mass is 16.2. The molecule has 0 saturated carbocycles. The zero-order valence-electron chi connectivity index (χ0n) is 15.4. The molecule has 1 N–H and O–H groups in total. The number of carbonyl (C=O) groups excluding carboxylic acids is 1. The SMILES string of the molecule is Cc1cccc(C[NH+]2CCC[C@H](C(=O)N(C)Cc3ccccc3)C2)c1. The van der Waals surface area contributed by atoms with Crippen LogP contribution in [0.4, 0.5) is 0 Å². The summed E-state index contributed by atoms with van der Waals surface area (Å²) in [6.07, 6.45) is 2.16. The van der Waals surface area contributed by atoms with Gasteiger partial charge in [-0.3, -0.25) is 4.79 Å². The van der Waals surface area contributed by atoms with Crippen LogP contribution >= 0.6 is 0 Å². The summed E-state index contributed by atoms with van der Waals surface area (Å²) in [6, 6.07) is 19.0. The van der Waals surface area contributed by atoms with Gasteiger partial charge in [0.25, 0.3) is 0 Å². The molecule has 1 fully saturated rings. The number of nitrogens with one attached hydrogen (secondary N) is 1. The average molecular weight is 337 g/mol. The molecule has 1 heterocycles. The van der Waals surface area contributed by atoms with Gasteiger partial charge in [-0.2, -0.15) is 0 Å². The summed E-state index contributed by atoms with van der Waals surface area (Å²) >= 11 is 0. The van der Waals surface area contributed by atoms with Gasteiger partial charge in [0.05, 0.1) is 19.0 Å². The molecular formula is C22H29N2O+. The number of likely N-dealkylation sites (tertiary alicyclic amines) is 1. The van der Waals surface area contributed by atoms with Crippen LogP contribution in [0.1, 0.15) is 29.5 Å². The summed E-state index contributed by atoms with van der Waals surface area (Å²) in [4.78, 5) is 16.3. The molecule has 1 unspecified atom stereocenters. The Hall–Kier alpha value is -2.13. The summed E-state index contributed by atoms with van der Waals surface area (Å²) < 4.78 is 0. The fraction of sp³-hybridized carbons (Fsp3) is 0.409. The third-order valence-electron chi connectivity index (χ3n) is 5.14. The maximum Gasteiger partial charge on any atom is 0.231 e. The van der Waals surface area contributed by atoms with Crippen molar-refractivity contribution in [1.29, 1.82) is 0 Å². The van der Waals surface area contributed by atoms with Gasteiger partial charge in [0, 0.05) is 19.2 Å². The predicted octanol–water partition coefficient (Wildman–Crippen LogP) is 2.45. The van der Waals surface area contributed by atoms with Crippen molar-refractivity contribution in [2.24, 2.45) is 5.92 Å². The molecule has 2 atom stereocenters. The lowest BCUT2D eigenvalue weighted by Crippen LogP contribution is -3.12. The number of benzene rings is 2. The molecule has 2 aromatic rings. The molecule has 1 amide bonds. The maximum absolute atomic E-state index is 12.9. The van der Waals surface area contributed by atoms with Crippen LogP contribution in [0.15, 0.2) is 54.6 Å². The molecule has 25 heavy (non-hydrogen) atoms. The van der Waals surface area contributed by atoms with Crippen molar-refractivity contribution in [2.45, 2.75) is 32.9 Å². The number of nitrogens with zero attached hydrogens (tertiary/aromatic N) is 1. The van der Waals surface area contributed by atoms with Crippen LogP contribution in [0.25, 0.3) is 0 Å². The second kappa shape index (κ2) is 8.30. The number of carbonyl (C=O) groups is 1. The van der Waals surface area contributed by atoms with Crippen LogP contribution in [0, 0.1) is 12.8 Å². The third kappa shape index (κ3) is 4.93. The summed E-state index contributed by atoms with van der Waals surface area (Å²) in [5.41, 5.74) is 3.88. The molecule has 3 nitrogen and oxygen atoms in total. The van der Waals surface area contributed by atoms with Gasteiger partial charge >= 0.3 is 0 Å². The fourth-order valence-electron chi connectivity index (χ4n) is 3.88. The smallest absolute Gasteiger partial charge is 0.231 e. The Morgan fingerprint density at radius 1 is 1.12 bits per heavy atom. The van der Waals surface area contributed by atoms with E-state index in [0.717, 1.165) is 25.9 Å². The Kier molecular flexibility index (Phi) is 5.87. The minimum atomic E-state index is 0.155. The van der Waals surface area contributed by atoms with E-state index in [1.807, 2.05) is 30.1 Å². The lowest BCUT2D eigenvalue weighted by Gasteiger charge is -2.31. The Bertz CT molecular complexity index is 698. The molecule has 3 rings (SSSR count).